The Morgan fingerprint density at radius 3 is 2.44 bits per heavy atom. The molecule has 3 rings (SSSR count). The number of aliphatic hydroxyl groups excluding tert-OH is 2. The van der Waals surface area contributed by atoms with Gasteiger partial charge in [-0.2, -0.15) is 0 Å². The molecule has 5 N–H and O–H groups in total. The summed E-state index contributed by atoms with van der Waals surface area (Å²) in [5, 5.41) is 34.7. The lowest BCUT2D eigenvalue weighted by atomic mass is 10.0. The minimum Gasteiger partial charge on any atom is -0.479 e. The van der Waals surface area contributed by atoms with Gasteiger partial charge in [-0.3, -0.25) is 28.9 Å². The molecule has 2 heterocycles. The predicted octanol–water partition coefficient (Wildman–Crippen LogP) is -0.800. The van der Waals surface area contributed by atoms with Crippen molar-refractivity contribution in [1.29, 1.82) is 0 Å². The highest BCUT2D eigenvalue weighted by Gasteiger charge is 2.41. The van der Waals surface area contributed by atoms with E-state index in [0.717, 1.165) is 17.1 Å². The van der Waals surface area contributed by atoms with Crippen LogP contribution in [0.5, 0.6) is 5.75 Å². The van der Waals surface area contributed by atoms with Crippen molar-refractivity contribution in [3.8, 4) is 5.75 Å². The van der Waals surface area contributed by atoms with Gasteiger partial charge in [-0.25, -0.2) is 4.79 Å². The molecule has 2 aliphatic rings. The average molecular weight is 578 g/mol. The molecular weight excluding hydrogens is 546 g/mol. The van der Waals surface area contributed by atoms with Crippen LogP contribution in [0.25, 0.3) is 0 Å². The van der Waals surface area contributed by atoms with Crippen LogP contribution in [0.3, 0.4) is 0 Å². The fraction of sp³-hybridized carbons (Fsp3) is 0.462. The molecule has 0 spiro atoms. The third-order valence-electron chi connectivity index (χ3n) is 6.07. The second-order valence-electron chi connectivity index (χ2n) is 9.27. The summed E-state index contributed by atoms with van der Waals surface area (Å²) in [5.41, 5.74) is 0.539. The van der Waals surface area contributed by atoms with Crippen LogP contribution in [-0.4, -0.2) is 93.5 Å². The topological polar surface area (TPSA) is 218 Å². The first-order valence-electron chi connectivity index (χ1n) is 12.7. The molecule has 2 aliphatic heterocycles. The molecule has 0 aromatic heterocycles. The standard InChI is InChI=1S/C26H31N3O12/c1-14(30)39-13-15-4-5-18(40-26-24(36)17(31)12-19(41-26)25(37)38)16(11-15)28-21(33)8-9-27-20(32)3-2-10-29-22(34)6-7-23(29)35/h4-7,11,17,19,24,26,31,36H,2-3,8-10,12-13H2,1H3,(H,27,32)(H,28,33)(H,37,38)/t17?,19-,24+,26+/m0/s1. The number of amides is 4. The zero-order chi connectivity index (χ0) is 30.1. The summed E-state index contributed by atoms with van der Waals surface area (Å²) in [6.07, 6.45) is -3.94. The Morgan fingerprint density at radius 2 is 1.78 bits per heavy atom. The van der Waals surface area contributed by atoms with Crippen molar-refractivity contribution in [3.05, 3.63) is 35.9 Å². The van der Waals surface area contributed by atoms with Crippen molar-refractivity contribution >= 4 is 41.3 Å². The molecule has 4 atom stereocenters. The fourth-order valence-electron chi connectivity index (χ4n) is 3.94. The van der Waals surface area contributed by atoms with E-state index in [1.54, 1.807) is 0 Å². The van der Waals surface area contributed by atoms with Crippen LogP contribution in [0.4, 0.5) is 5.69 Å². The van der Waals surface area contributed by atoms with E-state index in [4.69, 9.17) is 14.2 Å². The Labute approximate surface area is 234 Å². The minimum atomic E-state index is -1.58. The molecule has 0 saturated carbocycles. The van der Waals surface area contributed by atoms with Gasteiger partial charge in [0.1, 0.15) is 18.5 Å². The number of carbonyl (C=O) groups excluding carboxylic acids is 5. The molecule has 4 amide bonds. The lowest BCUT2D eigenvalue weighted by Crippen LogP contribution is -2.52. The second-order valence-corrected chi connectivity index (χ2v) is 9.27. The number of hydrogen-bond acceptors (Lipinski definition) is 11. The van der Waals surface area contributed by atoms with Crippen LogP contribution in [0, 0.1) is 0 Å². The van der Waals surface area contributed by atoms with Crippen molar-refractivity contribution in [2.45, 2.75) is 63.8 Å². The number of nitrogens with one attached hydrogen (secondary N) is 2. The van der Waals surface area contributed by atoms with Gasteiger partial charge < -0.3 is 40.2 Å². The zero-order valence-corrected chi connectivity index (χ0v) is 22.1. The van der Waals surface area contributed by atoms with E-state index in [-0.39, 0.29) is 62.7 Å². The maximum absolute atomic E-state index is 12.6. The van der Waals surface area contributed by atoms with Gasteiger partial charge in [-0.05, 0) is 24.1 Å². The molecule has 1 unspecified atom stereocenters. The van der Waals surface area contributed by atoms with Crippen LogP contribution < -0.4 is 15.4 Å². The number of aliphatic hydroxyl groups is 2. The largest absolute Gasteiger partial charge is 0.479 e. The van der Waals surface area contributed by atoms with Crippen molar-refractivity contribution in [3.63, 3.8) is 0 Å². The quantitative estimate of drug-likeness (QED) is 0.144. The van der Waals surface area contributed by atoms with Gasteiger partial charge in [-0.15, -0.1) is 0 Å². The summed E-state index contributed by atoms with van der Waals surface area (Å²) in [7, 11) is 0. The van der Waals surface area contributed by atoms with Crippen molar-refractivity contribution in [2.75, 3.05) is 18.4 Å². The van der Waals surface area contributed by atoms with Crippen LogP contribution in [0.15, 0.2) is 30.4 Å². The van der Waals surface area contributed by atoms with E-state index < -0.39 is 54.3 Å². The highest BCUT2D eigenvalue weighted by molar-refractivity contribution is 6.12. The number of benzene rings is 1. The molecule has 1 fully saturated rings. The number of aliphatic carboxylic acids is 1. The first-order valence-corrected chi connectivity index (χ1v) is 12.7. The Bertz CT molecular complexity index is 1200. The summed E-state index contributed by atoms with van der Waals surface area (Å²) < 4.78 is 15.9. The number of esters is 1. The average Bonchev–Trinajstić information content (AvgIpc) is 3.23. The van der Waals surface area contributed by atoms with Crippen LogP contribution >= 0.6 is 0 Å². The molecule has 0 bridgehead atoms. The van der Waals surface area contributed by atoms with Gasteiger partial charge in [0.2, 0.25) is 18.1 Å². The predicted molar refractivity (Wildman–Crippen MR) is 137 cm³/mol. The van der Waals surface area contributed by atoms with Gasteiger partial charge in [0.25, 0.3) is 11.8 Å². The number of ether oxygens (including phenoxy) is 3. The number of carboxylic acid groups (broad SMARTS) is 1. The number of imide groups is 1. The summed E-state index contributed by atoms with van der Waals surface area (Å²) in [6, 6.07) is 4.33. The van der Waals surface area contributed by atoms with Crippen molar-refractivity contribution < 1.29 is 58.3 Å². The number of hydrogen-bond donors (Lipinski definition) is 5. The van der Waals surface area contributed by atoms with E-state index >= 15 is 0 Å². The lowest BCUT2D eigenvalue weighted by Gasteiger charge is -2.35. The lowest BCUT2D eigenvalue weighted by molar-refractivity contribution is -0.238. The summed E-state index contributed by atoms with van der Waals surface area (Å²) in [6.45, 7) is 1.16. The van der Waals surface area contributed by atoms with Crippen LogP contribution in [0.1, 0.15) is 38.2 Å². The molecule has 1 aromatic carbocycles. The van der Waals surface area contributed by atoms with Gasteiger partial charge in [0.15, 0.2) is 6.10 Å². The maximum Gasteiger partial charge on any atom is 0.333 e. The Hall–Kier alpha value is -4.34. The number of carbonyl (C=O) groups is 6. The molecule has 0 radical (unpaired) electrons. The Balaban J connectivity index is 1.57. The SMILES string of the molecule is CC(=O)OCc1ccc(O[C@@H]2O[C@H](C(=O)O)CC(O)[C@H]2O)c(NC(=O)CCNC(=O)CCCN2C(=O)C=CC2=O)c1. The summed E-state index contributed by atoms with van der Waals surface area (Å²) in [4.78, 5) is 71.4. The molecular formula is C26H31N3O12. The Morgan fingerprint density at radius 1 is 1.07 bits per heavy atom. The molecule has 0 aliphatic carbocycles. The second kappa shape index (κ2) is 14.3. The van der Waals surface area contributed by atoms with Gasteiger partial charge in [-0.1, -0.05) is 6.07 Å². The van der Waals surface area contributed by atoms with Gasteiger partial charge >= 0.3 is 11.9 Å². The molecule has 15 heteroatoms. The van der Waals surface area contributed by atoms with Crippen molar-refractivity contribution in [1.82, 2.24) is 10.2 Å². The number of carboxylic acids is 1. The number of rotatable bonds is 13. The molecule has 41 heavy (non-hydrogen) atoms. The van der Waals surface area contributed by atoms with E-state index in [0.29, 0.717) is 5.56 Å². The van der Waals surface area contributed by atoms with Gasteiger partial charge in [0.05, 0.1) is 11.8 Å². The number of anilines is 1. The zero-order valence-electron chi connectivity index (χ0n) is 22.1. The molecule has 1 aromatic rings. The third kappa shape index (κ3) is 9.09. The highest BCUT2D eigenvalue weighted by atomic mass is 16.7. The highest BCUT2D eigenvalue weighted by Crippen LogP contribution is 2.31. The van der Waals surface area contributed by atoms with E-state index in [1.165, 1.54) is 25.1 Å². The monoisotopic (exact) mass is 577 g/mol. The Kier molecular flexibility index (Phi) is 10.9. The van der Waals surface area contributed by atoms with E-state index in [1.807, 2.05) is 0 Å². The molecule has 1 saturated heterocycles. The van der Waals surface area contributed by atoms with Crippen LogP contribution in [0.2, 0.25) is 0 Å². The molecule has 222 valence electrons. The number of nitrogens with zero attached hydrogens (tertiary/aromatic N) is 1. The maximum atomic E-state index is 12.6. The van der Waals surface area contributed by atoms with Crippen LogP contribution in [-0.2, 0) is 44.8 Å². The molecule has 15 nitrogen and oxygen atoms in total. The van der Waals surface area contributed by atoms with E-state index in [2.05, 4.69) is 10.6 Å². The summed E-state index contributed by atoms with van der Waals surface area (Å²) >= 11 is 0. The third-order valence-corrected chi connectivity index (χ3v) is 6.07. The first-order chi connectivity index (χ1) is 19.4. The first kappa shape index (κ1) is 31.2. The fourth-order valence-corrected chi connectivity index (χ4v) is 3.94. The van der Waals surface area contributed by atoms with E-state index in [9.17, 15) is 44.1 Å². The van der Waals surface area contributed by atoms with Gasteiger partial charge in [0, 0.05) is 51.4 Å². The smallest absolute Gasteiger partial charge is 0.333 e. The normalized spacial score (nSPS) is 21.9. The minimum absolute atomic E-state index is 0.0295. The summed E-state index contributed by atoms with van der Waals surface area (Å²) in [5.74, 6) is -3.72. The van der Waals surface area contributed by atoms with Crippen molar-refractivity contribution in [2.24, 2.45) is 0 Å².